The van der Waals surface area contributed by atoms with Gasteiger partial charge in [0.25, 0.3) is 0 Å². The van der Waals surface area contributed by atoms with Gasteiger partial charge in [-0.05, 0) is 37.0 Å². The minimum absolute atomic E-state index is 0.223. The number of nitrogens with one attached hydrogen (secondary N) is 2. The summed E-state index contributed by atoms with van der Waals surface area (Å²) in [5, 5.41) is 6.76. The van der Waals surface area contributed by atoms with E-state index >= 15 is 0 Å². The van der Waals surface area contributed by atoms with E-state index in [0.717, 1.165) is 57.2 Å². The summed E-state index contributed by atoms with van der Waals surface area (Å²) in [6.07, 6.45) is 3.38. The molecule has 3 rings (SSSR count). The lowest BCUT2D eigenvalue weighted by atomic mass is 10.1. The zero-order valence-electron chi connectivity index (χ0n) is 15.2. The number of aliphatic imine (C=N–C) groups is 1. The van der Waals surface area contributed by atoms with Gasteiger partial charge in [-0.1, -0.05) is 12.1 Å². The predicted molar refractivity (Wildman–Crippen MR) is 99.1 cm³/mol. The van der Waals surface area contributed by atoms with E-state index in [-0.39, 0.29) is 11.9 Å². The van der Waals surface area contributed by atoms with Crippen molar-refractivity contribution in [2.45, 2.75) is 38.6 Å². The summed E-state index contributed by atoms with van der Waals surface area (Å²) in [7, 11) is 1.86. The molecule has 1 unspecified atom stereocenters. The van der Waals surface area contributed by atoms with Crippen LogP contribution in [0, 0.1) is 0 Å². The molecular formula is C19H28N4O2. The fraction of sp³-hybridized carbons (Fsp3) is 0.579. The third-order valence-electron chi connectivity index (χ3n) is 4.74. The summed E-state index contributed by atoms with van der Waals surface area (Å²) in [5.41, 5.74) is 2.60. The van der Waals surface area contributed by atoms with Crippen molar-refractivity contribution in [2.75, 3.05) is 33.3 Å². The lowest BCUT2D eigenvalue weighted by Gasteiger charge is -2.31. The first-order chi connectivity index (χ1) is 12.2. The van der Waals surface area contributed by atoms with E-state index in [2.05, 4.69) is 35.8 Å². The number of ether oxygens (including phenoxy) is 1. The van der Waals surface area contributed by atoms with Gasteiger partial charge in [0.2, 0.25) is 5.91 Å². The molecule has 0 aromatic heterocycles. The molecule has 6 nitrogen and oxygen atoms in total. The average molecular weight is 344 g/mol. The third-order valence-corrected chi connectivity index (χ3v) is 4.74. The number of likely N-dealkylation sites (tertiary alicyclic amines) is 1. The molecule has 136 valence electrons. The van der Waals surface area contributed by atoms with Crippen LogP contribution in [0.25, 0.3) is 0 Å². The van der Waals surface area contributed by atoms with Crippen LogP contribution in [0.5, 0.6) is 5.75 Å². The van der Waals surface area contributed by atoms with Crippen LogP contribution in [0.3, 0.4) is 0 Å². The number of fused-ring (bicyclic) bond motifs is 1. The number of rotatable bonds is 5. The molecule has 0 aliphatic carbocycles. The van der Waals surface area contributed by atoms with Gasteiger partial charge >= 0.3 is 0 Å². The Morgan fingerprint density at radius 1 is 1.40 bits per heavy atom. The first kappa shape index (κ1) is 17.6. The van der Waals surface area contributed by atoms with Crippen LogP contribution in [0.15, 0.2) is 23.2 Å². The predicted octanol–water partition coefficient (Wildman–Crippen LogP) is 1.34. The summed E-state index contributed by atoms with van der Waals surface area (Å²) >= 11 is 0. The van der Waals surface area contributed by atoms with Gasteiger partial charge in [0.1, 0.15) is 5.75 Å². The fourth-order valence-electron chi connectivity index (χ4n) is 3.34. The zero-order chi connectivity index (χ0) is 17.6. The number of guanidine groups is 1. The summed E-state index contributed by atoms with van der Waals surface area (Å²) in [6.45, 7) is 5.14. The van der Waals surface area contributed by atoms with Crippen molar-refractivity contribution in [3.05, 3.63) is 29.3 Å². The van der Waals surface area contributed by atoms with Gasteiger partial charge in [-0.3, -0.25) is 9.79 Å². The van der Waals surface area contributed by atoms with Gasteiger partial charge < -0.3 is 20.3 Å². The molecule has 0 bridgehead atoms. The van der Waals surface area contributed by atoms with Crippen molar-refractivity contribution in [2.24, 2.45) is 4.99 Å². The molecule has 0 spiro atoms. The van der Waals surface area contributed by atoms with Gasteiger partial charge in [0, 0.05) is 45.6 Å². The maximum atomic E-state index is 11.6. The second kappa shape index (κ2) is 8.23. The number of benzene rings is 1. The highest BCUT2D eigenvalue weighted by molar-refractivity contribution is 5.81. The number of nitrogens with zero attached hydrogens (tertiary/aromatic N) is 2. The van der Waals surface area contributed by atoms with Crippen molar-refractivity contribution in [1.29, 1.82) is 0 Å². The van der Waals surface area contributed by atoms with Crippen LogP contribution in [0.4, 0.5) is 0 Å². The van der Waals surface area contributed by atoms with Crippen LogP contribution in [0.1, 0.15) is 30.9 Å². The summed E-state index contributed by atoms with van der Waals surface area (Å²) in [6, 6.07) is 6.69. The number of carbonyl (C=O) groups excluding carboxylic acids is 1. The van der Waals surface area contributed by atoms with Crippen LogP contribution in [-0.4, -0.2) is 56.1 Å². The molecular weight excluding hydrogens is 316 g/mol. The lowest BCUT2D eigenvalue weighted by Crippen LogP contribution is -2.51. The molecule has 1 fully saturated rings. The number of hydrogen-bond acceptors (Lipinski definition) is 3. The number of amides is 1. The second-order valence-corrected chi connectivity index (χ2v) is 6.71. The Labute approximate surface area is 149 Å². The smallest absolute Gasteiger partial charge is 0.222 e. The third kappa shape index (κ3) is 4.65. The SMILES string of the molecule is CCNC(=NCCc1ccc2c(c1)CCO2)NC1CCC(=O)N(C)C1. The van der Waals surface area contributed by atoms with E-state index in [1.54, 1.807) is 4.90 Å². The number of likely N-dealkylation sites (N-methyl/N-ethyl adjacent to an activating group) is 1. The Hall–Kier alpha value is -2.24. The number of hydrogen-bond donors (Lipinski definition) is 2. The quantitative estimate of drug-likeness (QED) is 0.625. The highest BCUT2D eigenvalue weighted by Crippen LogP contribution is 2.25. The van der Waals surface area contributed by atoms with E-state index < -0.39 is 0 Å². The van der Waals surface area contributed by atoms with Crippen molar-refractivity contribution >= 4 is 11.9 Å². The lowest BCUT2D eigenvalue weighted by molar-refractivity contribution is -0.132. The van der Waals surface area contributed by atoms with Crippen LogP contribution in [0.2, 0.25) is 0 Å². The number of carbonyl (C=O) groups is 1. The van der Waals surface area contributed by atoms with Crippen molar-refractivity contribution in [3.8, 4) is 5.75 Å². The summed E-state index contributed by atoms with van der Waals surface area (Å²) in [4.78, 5) is 18.1. The van der Waals surface area contributed by atoms with E-state index in [1.165, 1.54) is 11.1 Å². The van der Waals surface area contributed by atoms with Crippen molar-refractivity contribution in [1.82, 2.24) is 15.5 Å². The molecule has 2 aliphatic rings. The molecule has 1 atom stereocenters. The monoisotopic (exact) mass is 344 g/mol. The first-order valence-corrected chi connectivity index (χ1v) is 9.19. The van der Waals surface area contributed by atoms with Gasteiger partial charge in [0.05, 0.1) is 6.61 Å². The van der Waals surface area contributed by atoms with Crippen LogP contribution >= 0.6 is 0 Å². The van der Waals surface area contributed by atoms with Crippen LogP contribution < -0.4 is 15.4 Å². The standard InChI is InChI=1S/C19H28N4O2/c1-3-20-19(22-16-5-7-18(24)23(2)13-16)21-10-8-14-4-6-17-15(12-14)9-11-25-17/h4,6,12,16H,3,5,7-11,13H2,1-2H3,(H2,20,21,22). The molecule has 2 aliphatic heterocycles. The molecule has 1 aromatic carbocycles. The van der Waals surface area contributed by atoms with Crippen LogP contribution in [-0.2, 0) is 17.6 Å². The highest BCUT2D eigenvalue weighted by atomic mass is 16.5. The molecule has 2 N–H and O–H groups in total. The maximum absolute atomic E-state index is 11.6. The Bertz CT molecular complexity index is 644. The Balaban J connectivity index is 1.54. The van der Waals surface area contributed by atoms with E-state index in [0.29, 0.717) is 6.42 Å². The highest BCUT2D eigenvalue weighted by Gasteiger charge is 2.23. The topological polar surface area (TPSA) is 66.0 Å². The van der Waals surface area contributed by atoms with E-state index in [1.807, 2.05) is 7.05 Å². The minimum Gasteiger partial charge on any atom is -0.493 e. The van der Waals surface area contributed by atoms with E-state index in [9.17, 15) is 4.79 Å². The van der Waals surface area contributed by atoms with E-state index in [4.69, 9.17) is 9.73 Å². The Morgan fingerprint density at radius 2 is 2.28 bits per heavy atom. The second-order valence-electron chi connectivity index (χ2n) is 6.71. The number of piperidine rings is 1. The van der Waals surface area contributed by atoms with Gasteiger partial charge in [-0.15, -0.1) is 0 Å². The zero-order valence-corrected chi connectivity index (χ0v) is 15.2. The van der Waals surface area contributed by atoms with Crippen molar-refractivity contribution < 1.29 is 9.53 Å². The molecule has 25 heavy (non-hydrogen) atoms. The fourth-order valence-corrected chi connectivity index (χ4v) is 3.34. The molecule has 2 heterocycles. The Morgan fingerprint density at radius 3 is 3.08 bits per heavy atom. The largest absolute Gasteiger partial charge is 0.493 e. The summed E-state index contributed by atoms with van der Waals surface area (Å²) < 4.78 is 5.55. The van der Waals surface area contributed by atoms with Gasteiger partial charge in [0.15, 0.2) is 5.96 Å². The Kier molecular flexibility index (Phi) is 5.79. The molecule has 0 saturated carbocycles. The average Bonchev–Trinajstić information content (AvgIpc) is 3.06. The first-order valence-electron chi connectivity index (χ1n) is 9.19. The maximum Gasteiger partial charge on any atom is 0.222 e. The molecule has 0 radical (unpaired) electrons. The van der Waals surface area contributed by atoms with Gasteiger partial charge in [-0.2, -0.15) is 0 Å². The minimum atomic E-state index is 0.223. The van der Waals surface area contributed by atoms with Gasteiger partial charge in [-0.25, -0.2) is 0 Å². The molecule has 1 aromatic rings. The summed E-state index contributed by atoms with van der Waals surface area (Å²) in [5.74, 6) is 2.08. The molecule has 6 heteroatoms. The molecule has 1 saturated heterocycles. The normalized spacial score (nSPS) is 20.2. The molecule has 1 amide bonds. The van der Waals surface area contributed by atoms with Crippen molar-refractivity contribution in [3.63, 3.8) is 0 Å².